The van der Waals surface area contributed by atoms with E-state index in [1.807, 2.05) is 0 Å². The smallest absolute Gasteiger partial charge is 0.179 e. The number of nitrogens with two attached hydrogens (primary N) is 1. The van der Waals surface area contributed by atoms with Gasteiger partial charge < -0.3 is 10.5 Å². The first-order valence-electron chi connectivity index (χ1n) is 5.28. The first kappa shape index (κ1) is 11.4. The number of anilines is 1. The molecule has 0 spiro atoms. The highest BCUT2D eigenvalue weighted by Gasteiger charge is 2.12. The minimum atomic E-state index is -0.736. The molecule has 0 aliphatic carbocycles. The molecule has 7 heteroatoms. The molecule has 3 rings (SSSR count). The molecule has 0 aliphatic rings. The molecule has 0 amide bonds. The Labute approximate surface area is 105 Å². The van der Waals surface area contributed by atoms with E-state index < -0.39 is 11.6 Å². The molecule has 0 saturated carbocycles. The molecule has 3 aromatic rings. The summed E-state index contributed by atoms with van der Waals surface area (Å²) in [5.74, 6) is -1.22. The molecule has 0 bridgehead atoms. The molecule has 2 N–H and O–H groups in total. The lowest BCUT2D eigenvalue weighted by Gasteiger charge is -2.06. The standard InChI is InChI=1S/C12H7F2N3O2/c13-6-3-7(14)5-8(4-6)18-10-2-1-9(15)11-12(10)17-19-16-11/h1-5H,15H2. The van der Waals surface area contributed by atoms with Crippen molar-refractivity contribution in [3.05, 3.63) is 42.0 Å². The maximum atomic E-state index is 13.1. The average molecular weight is 263 g/mol. The van der Waals surface area contributed by atoms with E-state index in [2.05, 4.69) is 14.9 Å². The van der Waals surface area contributed by atoms with Gasteiger partial charge in [-0.15, -0.1) is 0 Å². The van der Waals surface area contributed by atoms with Crippen LogP contribution in [0.3, 0.4) is 0 Å². The van der Waals surface area contributed by atoms with Gasteiger partial charge in [-0.05, 0) is 22.4 Å². The van der Waals surface area contributed by atoms with Gasteiger partial charge in [0, 0.05) is 18.2 Å². The van der Waals surface area contributed by atoms with Crippen LogP contribution in [-0.2, 0) is 0 Å². The van der Waals surface area contributed by atoms with Crippen molar-refractivity contribution in [2.24, 2.45) is 0 Å². The first-order valence-corrected chi connectivity index (χ1v) is 5.28. The highest BCUT2D eigenvalue weighted by atomic mass is 19.1. The fourth-order valence-corrected chi connectivity index (χ4v) is 1.66. The number of ether oxygens (including phenoxy) is 1. The minimum Gasteiger partial charge on any atom is -0.455 e. The van der Waals surface area contributed by atoms with Crippen molar-refractivity contribution in [3.63, 3.8) is 0 Å². The van der Waals surface area contributed by atoms with Crippen LogP contribution in [0, 0.1) is 11.6 Å². The maximum absolute atomic E-state index is 13.1. The monoisotopic (exact) mass is 263 g/mol. The molecule has 5 nitrogen and oxygen atoms in total. The number of nitrogens with zero attached hydrogens (tertiary/aromatic N) is 2. The summed E-state index contributed by atoms with van der Waals surface area (Å²) in [4.78, 5) is 0. The number of hydrogen-bond acceptors (Lipinski definition) is 5. The zero-order valence-corrected chi connectivity index (χ0v) is 9.43. The molecule has 0 radical (unpaired) electrons. The topological polar surface area (TPSA) is 74.2 Å². The van der Waals surface area contributed by atoms with Crippen LogP contribution in [0.4, 0.5) is 14.5 Å². The summed E-state index contributed by atoms with van der Waals surface area (Å²) in [6.45, 7) is 0. The number of hydrogen-bond donors (Lipinski definition) is 1. The van der Waals surface area contributed by atoms with Gasteiger partial charge in [0.15, 0.2) is 16.8 Å². The number of benzene rings is 2. The van der Waals surface area contributed by atoms with E-state index in [1.54, 1.807) is 0 Å². The second-order valence-electron chi connectivity index (χ2n) is 3.82. The van der Waals surface area contributed by atoms with Crippen LogP contribution in [-0.4, -0.2) is 10.3 Å². The second-order valence-corrected chi connectivity index (χ2v) is 3.82. The number of fused-ring (bicyclic) bond motifs is 1. The van der Waals surface area contributed by atoms with Gasteiger partial charge in [-0.25, -0.2) is 13.4 Å². The molecule has 0 unspecified atom stereocenters. The lowest BCUT2D eigenvalue weighted by Crippen LogP contribution is -1.91. The molecule has 0 saturated heterocycles. The lowest BCUT2D eigenvalue weighted by atomic mass is 10.2. The van der Waals surface area contributed by atoms with Crippen LogP contribution in [0.1, 0.15) is 0 Å². The summed E-state index contributed by atoms with van der Waals surface area (Å²) in [6, 6.07) is 5.92. The Balaban J connectivity index is 2.06. The third-order valence-electron chi connectivity index (χ3n) is 2.47. The fourth-order valence-electron chi connectivity index (χ4n) is 1.66. The van der Waals surface area contributed by atoms with Crippen LogP contribution in [0.15, 0.2) is 35.0 Å². The third kappa shape index (κ3) is 2.05. The first-order chi connectivity index (χ1) is 9.13. The van der Waals surface area contributed by atoms with Crippen LogP contribution in [0.25, 0.3) is 11.0 Å². The van der Waals surface area contributed by atoms with Gasteiger partial charge in [0.05, 0.1) is 5.69 Å². The molecular formula is C12H7F2N3O2. The van der Waals surface area contributed by atoms with Crippen molar-refractivity contribution in [2.45, 2.75) is 0 Å². The summed E-state index contributed by atoms with van der Waals surface area (Å²) < 4.78 is 36.1. The SMILES string of the molecule is Nc1ccc(Oc2cc(F)cc(F)c2)c2nonc12. The Kier molecular flexibility index (Phi) is 2.52. The van der Waals surface area contributed by atoms with E-state index in [1.165, 1.54) is 12.1 Å². The van der Waals surface area contributed by atoms with Gasteiger partial charge in [-0.1, -0.05) is 0 Å². The number of rotatable bonds is 2. The second kappa shape index (κ2) is 4.20. The lowest BCUT2D eigenvalue weighted by molar-refractivity contribution is 0.314. The van der Waals surface area contributed by atoms with Crippen molar-refractivity contribution in [1.29, 1.82) is 0 Å². The van der Waals surface area contributed by atoms with Gasteiger partial charge in [0.25, 0.3) is 0 Å². The summed E-state index contributed by atoms with van der Waals surface area (Å²) in [5.41, 5.74) is 6.65. The molecule has 1 heterocycles. The van der Waals surface area contributed by atoms with Gasteiger partial charge in [0.2, 0.25) is 0 Å². The van der Waals surface area contributed by atoms with Crippen molar-refractivity contribution in [2.75, 3.05) is 5.73 Å². The Morgan fingerprint density at radius 2 is 1.68 bits per heavy atom. The quantitative estimate of drug-likeness (QED) is 0.719. The van der Waals surface area contributed by atoms with Gasteiger partial charge in [-0.2, -0.15) is 0 Å². The summed E-state index contributed by atoms with van der Waals surface area (Å²) in [5, 5.41) is 7.26. The van der Waals surface area contributed by atoms with Crippen molar-refractivity contribution >= 4 is 16.7 Å². The van der Waals surface area contributed by atoms with Crippen molar-refractivity contribution < 1.29 is 18.1 Å². The van der Waals surface area contributed by atoms with Crippen LogP contribution in [0.2, 0.25) is 0 Å². The highest BCUT2D eigenvalue weighted by Crippen LogP contribution is 2.31. The normalized spacial score (nSPS) is 10.8. The van der Waals surface area contributed by atoms with Crippen LogP contribution < -0.4 is 10.5 Å². The Morgan fingerprint density at radius 1 is 1.00 bits per heavy atom. The van der Waals surface area contributed by atoms with E-state index in [0.717, 1.165) is 18.2 Å². The van der Waals surface area contributed by atoms with Gasteiger partial charge in [-0.3, -0.25) is 0 Å². The minimum absolute atomic E-state index is 0.00608. The van der Waals surface area contributed by atoms with E-state index in [0.29, 0.717) is 11.2 Å². The Bertz CT molecular complexity index is 738. The fraction of sp³-hybridized carbons (Fsp3) is 0. The van der Waals surface area contributed by atoms with Crippen molar-refractivity contribution in [1.82, 2.24) is 10.3 Å². The number of halogens is 2. The third-order valence-corrected chi connectivity index (χ3v) is 2.47. The Morgan fingerprint density at radius 3 is 2.42 bits per heavy atom. The van der Waals surface area contributed by atoms with E-state index in [9.17, 15) is 8.78 Å². The molecule has 1 aromatic heterocycles. The summed E-state index contributed by atoms with van der Waals surface area (Å²) in [7, 11) is 0. The Hall–Kier alpha value is -2.70. The largest absolute Gasteiger partial charge is 0.455 e. The number of nitrogen functional groups attached to an aromatic ring is 1. The molecular weight excluding hydrogens is 256 g/mol. The molecule has 19 heavy (non-hydrogen) atoms. The zero-order valence-electron chi connectivity index (χ0n) is 9.43. The molecule has 0 aliphatic heterocycles. The molecule has 2 aromatic carbocycles. The van der Waals surface area contributed by atoms with Gasteiger partial charge >= 0.3 is 0 Å². The predicted molar refractivity (Wildman–Crippen MR) is 62.6 cm³/mol. The molecule has 0 fully saturated rings. The zero-order chi connectivity index (χ0) is 13.4. The number of aromatic nitrogens is 2. The van der Waals surface area contributed by atoms with Crippen LogP contribution >= 0.6 is 0 Å². The van der Waals surface area contributed by atoms with E-state index >= 15 is 0 Å². The molecule has 96 valence electrons. The summed E-state index contributed by atoms with van der Waals surface area (Å²) in [6.07, 6.45) is 0. The predicted octanol–water partition coefficient (Wildman–Crippen LogP) is 2.88. The van der Waals surface area contributed by atoms with Crippen LogP contribution in [0.5, 0.6) is 11.5 Å². The average Bonchev–Trinajstić information content (AvgIpc) is 2.81. The highest BCUT2D eigenvalue weighted by molar-refractivity contribution is 5.90. The summed E-state index contributed by atoms with van der Waals surface area (Å²) >= 11 is 0. The van der Waals surface area contributed by atoms with Crippen molar-refractivity contribution in [3.8, 4) is 11.5 Å². The maximum Gasteiger partial charge on any atom is 0.179 e. The van der Waals surface area contributed by atoms with E-state index in [-0.39, 0.29) is 17.0 Å². The van der Waals surface area contributed by atoms with Gasteiger partial charge in [0.1, 0.15) is 17.4 Å². The van der Waals surface area contributed by atoms with E-state index in [4.69, 9.17) is 10.5 Å². The molecule has 0 atom stereocenters.